The van der Waals surface area contributed by atoms with Crippen LogP contribution in [0.2, 0.25) is 0 Å². The molecule has 0 radical (unpaired) electrons. The van der Waals surface area contributed by atoms with Crippen molar-refractivity contribution >= 4 is 28.6 Å². The van der Waals surface area contributed by atoms with Crippen molar-refractivity contribution in [2.45, 2.75) is 9.79 Å². The second-order valence-electron chi connectivity index (χ2n) is 4.52. The Bertz CT molecular complexity index is 813. The van der Waals surface area contributed by atoms with E-state index in [1.54, 1.807) is 19.2 Å². The van der Waals surface area contributed by atoms with Crippen LogP contribution in [-0.4, -0.2) is 17.9 Å². The van der Waals surface area contributed by atoms with Crippen LogP contribution in [0.5, 0.6) is 0 Å². The number of rotatable bonds is 3. The van der Waals surface area contributed by atoms with E-state index in [0.29, 0.717) is 5.56 Å². The maximum Gasteiger partial charge on any atom is 0.252 e. The summed E-state index contributed by atoms with van der Waals surface area (Å²) >= 11 is 1.44. The zero-order valence-electron chi connectivity index (χ0n) is 11.3. The molecule has 0 saturated heterocycles. The summed E-state index contributed by atoms with van der Waals surface area (Å²) in [6.07, 6.45) is 1.83. The summed E-state index contributed by atoms with van der Waals surface area (Å²) in [7, 11) is 1.60. The first-order valence-electron chi connectivity index (χ1n) is 6.44. The predicted octanol–water partition coefficient (Wildman–Crippen LogP) is 3.82. The number of H-pyrrole nitrogens is 1. The lowest BCUT2D eigenvalue weighted by atomic mass is 10.2. The van der Waals surface area contributed by atoms with Gasteiger partial charge in [-0.1, -0.05) is 23.9 Å². The van der Waals surface area contributed by atoms with Crippen molar-refractivity contribution in [3.63, 3.8) is 0 Å². The van der Waals surface area contributed by atoms with E-state index in [1.807, 2.05) is 24.4 Å². The van der Waals surface area contributed by atoms with Crippen molar-refractivity contribution in [1.29, 1.82) is 0 Å². The van der Waals surface area contributed by atoms with Crippen LogP contribution < -0.4 is 5.32 Å². The summed E-state index contributed by atoms with van der Waals surface area (Å²) in [6.45, 7) is 0. The fourth-order valence-corrected chi connectivity index (χ4v) is 3.20. The van der Waals surface area contributed by atoms with E-state index in [2.05, 4.69) is 10.3 Å². The van der Waals surface area contributed by atoms with E-state index in [1.165, 1.54) is 23.9 Å². The summed E-state index contributed by atoms with van der Waals surface area (Å²) < 4.78 is 13.4. The van der Waals surface area contributed by atoms with E-state index in [0.717, 1.165) is 20.7 Å². The number of hydrogen-bond acceptors (Lipinski definition) is 2. The van der Waals surface area contributed by atoms with Gasteiger partial charge in [0.05, 0.1) is 5.56 Å². The van der Waals surface area contributed by atoms with Crippen molar-refractivity contribution in [3.05, 3.63) is 60.0 Å². The van der Waals surface area contributed by atoms with Crippen molar-refractivity contribution in [2.24, 2.45) is 0 Å². The zero-order valence-corrected chi connectivity index (χ0v) is 12.1. The molecule has 0 bridgehead atoms. The summed E-state index contributed by atoms with van der Waals surface area (Å²) in [6, 6.07) is 12.0. The van der Waals surface area contributed by atoms with Crippen LogP contribution in [0.1, 0.15) is 10.4 Å². The molecular weight excluding hydrogens is 287 g/mol. The lowest BCUT2D eigenvalue weighted by Gasteiger charge is -2.07. The van der Waals surface area contributed by atoms with E-state index in [-0.39, 0.29) is 11.7 Å². The molecule has 21 heavy (non-hydrogen) atoms. The first-order chi connectivity index (χ1) is 10.2. The number of aromatic amines is 1. The standard InChI is InChI=1S/C16H13FN2OS/c1-18-16(20)11-4-2-3-5-14(11)21-15-9-19-13-7-6-10(17)8-12(13)15/h2-9,19H,1H3,(H,18,20). The van der Waals surface area contributed by atoms with Crippen molar-refractivity contribution in [2.75, 3.05) is 7.05 Å². The first kappa shape index (κ1) is 13.7. The van der Waals surface area contributed by atoms with Gasteiger partial charge < -0.3 is 10.3 Å². The fraction of sp³-hybridized carbons (Fsp3) is 0.0625. The smallest absolute Gasteiger partial charge is 0.252 e. The highest BCUT2D eigenvalue weighted by Gasteiger charge is 2.12. The second-order valence-corrected chi connectivity index (χ2v) is 5.60. The van der Waals surface area contributed by atoms with Crippen LogP contribution in [0, 0.1) is 5.82 Å². The van der Waals surface area contributed by atoms with Crippen molar-refractivity contribution in [3.8, 4) is 0 Å². The normalized spacial score (nSPS) is 10.8. The van der Waals surface area contributed by atoms with Gasteiger partial charge in [-0.15, -0.1) is 0 Å². The molecule has 1 heterocycles. The number of carbonyl (C=O) groups is 1. The third-order valence-corrected chi connectivity index (χ3v) is 4.32. The van der Waals surface area contributed by atoms with Crippen LogP contribution in [-0.2, 0) is 0 Å². The van der Waals surface area contributed by atoms with Gasteiger partial charge in [-0.05, 0) is 30.3 Å². The molecule has 0 unspecified atom stereocenters. The van der Waals surface area contributed by atoms with Gasteiger partial charge in [0.1, 0.15) is 5.82 Å². The maximum atomic E-state index is 13.4. The average molecular weight is 300 g/mol. The monoisotopic (exact) mass is 300 g/mol. The Morgan fingerprint density at radius 3 is 2.81 bits per heavy atom. The molecule has 0 atom stereocenters. The van der Waals surface area contributed by atoms with E-state index >= 15 is 0 Å². The Kier molecular flexibility index (Phi) is 3.66. The van der Waals surface area contributed by atoms with Gasteiger partial charge in [-0.3, -0.25) is 4.79 Å². The summed E-state index contributed by atoms with van der Waals surface area (Å²) in [5.74, 6) is -0.410. The summed E-state index contributed by atoms with van der Waals surface area (Å²) in [5, 5.41) is 3.44. The number of benzene rings is 2. The van der Waals surface area contributed by atoms with Gasteiger partial charge in [0.15, 0.2) is 0 Å². The van der Waals surface area contributed by atoms with Crippen LogP contribution in [0.4, 0.5) is 4.39 Å². The minimum Gasteiger partial charge on any atom is -0.360 e. The van der Waals surface area contributed by atoms with Crippen LogP contribution >= 0.6 is 11.8 Å². The third kappa shape index (κ3) is 2.64. The molecule has 0 aliphatic rings. The maximum absolute atomic E-state index is 13.4. The molecular formula is C16H13FN2OS. The minimum absolute atomic E-state index is 0.135. The number of amides is 1. The van der Waals surface area contributed by atoms with Crippen molar-refractivity contribution in [1.82, 2.24) is 10.3 Å². The molecule has 0 fully saturated rings. The summed E-state index contributed by atoms with van der Waals surface area (Å²) in [5.41, 5.74) is 1.48. The SMILES string of the molecule is CNC(=O)c1ccccc1Sc1c[nH]c2ccc(F)cc12. The zero-order chi connectivity index (χ0) is 14.8. The Labute approximate surface area is 125 Å². The van der Waals surface area contributed by atoms with Crippen LogP contribution in [0.3, 0.4) is 0 Å². The number of hydrogen-bond donors (Lipinski definition) is 2. The molecule has 0 aliphatic carbocycles. The van der Waals surface area contributed by atoms with Gasteiger partial charge in [0.25, 0.3) is 5.91 Å². The molecule has 0 spiro atoms. The van der Waals surface area contributed by atoms with E-state index in [4.69, 9.17) is 0 Å². The highest BCUT2D eigenvalue weighted by Crippen LogP contribution is 2.35. The number of halogens is 1. The van der Waals surface area contributed by atoms with Crippen LogP contribution in [0.25, 0.3) is 10.9 Å². The lowest BCUT2D eigenvalue weighted by Crippen LogP contribution is -2.18. The Morgan fingerprint density at radius 1 is 1.19 bits per heavy atom. The molecule has 5 heteroatoms. The fourth-order valence-electron chi connectivity index (χ4n) is 2.15. The second kappa shape index (κ2) is 5.61. The molecule has 0 saturated carbocycles. The molecule has 2 N–H and O–H groups in total. The molecule has 0 aliphatic heterocycles. The Balaban J connectivity index is 2.03. The average Bonchev–Trinajstić information content (AvgIpc) is 2.89. The lowest BCUT2D eigenvalue weighted by molar-refractivity contribution is 0.0960. The van der Waals surface area contributed by atoms with Crippen molar-refractivity contribution < 1.29 is 9.18 Å². The molecule has 3 rings (SSSR count). The third-order valence-electron chi connectivity index (χ3n) is 3.18. The minimum atomic E-state index is -0.275. The topological polar surface area (TPSA) is 44.9 Å². The molecule has 1 amide bonds. The number of nitrogens with one attached hydrogen (secondary N) is 2. The molecule has 3 nitrogen and oxygen atoms in total. The highest BCUT2D eigenvalue weighted by atomic mass is 32.2. The van der Waals surface area contributed by atoms with E-state index in [9.17, 15) is 9.18 Å². The number of aromatic nitrogens is 1. The van der Waals surface area contributed by atoms with Gasteiger partial charge in [-0.2, -0.15) is 0 Å². The number of carbonyl (C=O) groups excluding carboxylic acids is 1. The van der Waals surface area contributed by atoms with Crippen LogP contribution in [0.15, 0.2) is 58.5 Å². The molecule has 1 aromatic heterocycles. The number of fused-ring (bicyclic) bond motifs is 1. The highest BCUT2D eigenvalue weighted by molar-refractivity contribution is 7.99. The molecule has 3 aromatic rings. The van der Waals surface area contributed by atoms with E-state index < -0.39 is 0 Å². The summed E-state index contributed by atoms with van der Waals surface area (Å²) in [4.78, 5) is 16.7. The largest absolute Gasteiger partial charge is 0.360 e. The quantitative estimate of drug-likeness (QED) is 0.772. The Morgan fingerprint density at radius 2 is 2.00 bits per heavy atom. The van der Waals surface area contributed by atoms with Gasteiger partial charge in [0, 0.05) is 33.9 Å². The van der Waals surface area contributed by atoms with Gasteiger partial charge in [-0.25, -0.2) is 4.39 Å². The molecule has 106 valence electrons. The predicted molar refractivity (Wildman–Crippen MR) is 82.2 cm³/mol. The first-order valence-corrected chi connectivity index (χ1v) is 7.26. The molecule has 2 aromatic carbocycles. The van der Waals surface area contributed by atoms with Gasteiger partial charge >= 0.3 is 0 Å². The Hall–Kier alpha value is -2.27. The van der Waals surface area contributed by atoms with Gasteiger partial charge in [0.2, 0.25) is 0 Å².